The Morgan fingerprint density at radius 1 is 1.11 bits per heavy atom. The van der Waals surface area contributed by atoms with E-state index in [0.717, 1.165) is 31.0 Å². The average molecular weight is 382 g/mol. The van der Waals surface area contributed by atoms with Crippen molar-refractivity contribution in [3.63, 3.8) is 0 Å². The number of rotatable bonds is 8. The van der Waals surface area contributed by atoms with E-state index in [1.165, 1.54) is 17.0 Å². The first-order chi connectivity index (χ1) is 13.2. The van der Waals surface area contributed by atoms with Crippen LogP contribution in [0.2, 0.25) is 0 Å². The lowest BCUT2D eigenvalue weighted by Crippen LogP contribution is -2.40. The predicted octanol–water partition coefficient (Wildman–Crippen LogP) is 4.44. The van der Waals surface area contributed by atoms with Crippen LogP contribution in [0, 0.1) is 0 Å². The molecule has 1 aromatic carbocycles. The molecule has 0 aliphatic rings. The molecule has 0 atom stereocenters. The Morgan fingerprint density at radius 3 is 2.59 bits per heavy atom. The maximum atomic E-state index is 4.40. The Hall–Kier alpha value is -2.80. The number of hydrogen-bond donors (Lipinski definition) is 0. The first kappa shape index (κ1) is 19.0. The molecule has 0 unspecified atom stereocenters. The summed E-state index contributed by atoms with van der Waals surface area (Å²) < 4.78 is 2.20. The number of likely N-dealkylation sites (N-methyl/N-ethyl adjacent to an activating group) is 1. The highest BCUT2D eigenvalue weighted by Crippen LogP contribution is 2.33. The van der Waals surface area contributed by atoms with Crippen LogP contribution in [-0.4, -0.2) is 32.2 Å². The highest BCUT2D eigenvalue weighted by Gasteiger charge is 2.12. The summed E-state index contributed by atoms with van der Waals surface area (Å²) in [7, 11) is 4.05. The summed E-state index contributed by atoms with van der Waals surface area (Å²) in [6, 6.07) is 12.5. The minimum absolute atomic E-state index is 0.666. The van der Waals surface area contributed by atoms with Gasteiger partial charge in [-0.2, -0.15) is 0 Å². The lowest BCUT2D eigenvalue weighted by Gasteiger charge is -2.24. The molecule has 0 bridgehead atoms. The molecule has 0 saturated heterocycles. The van der Waals surface area contributed by atoms with Gasteiger partial charge in [-0.05, 0) is 25.1 Å². The number of azo groups is 1. The summed E-state index contributed by atoms with van der Waals surface area (Å²) in [5.74, 6) is 0. The molecular weight excluding hydrogens is 356 g/mol. The SMILES string of the molecule is CCN(CC[n+]1ccccc1)c1ccc(N=Nc2nccs2)c(N(C)C)c1. The van der Waals surface area contributed by atoms with E-state index in [4.69, 9.17) is 0 Å². The molecule has 0 aliphatic carbocycles. The predicted molar refractivity (Wildman–Crippen MR) is 112 cm³/mol. The Bertz CT molecular complexity index is 861. The maximum Gasteiger partial charge on any atom is 0.229 e. The van der Waals surface area contributed by atoms with Crippen molar-refractivity contribution in [1.82, 2.24) is 4.98 Å². The number of pyridine rings is 1. The summed E-state index contributed by atoms with van der Waals surface area (Å²) in [5.41, 5.74) is 3.07. The van der Waals surface area contributed by atoms with Gasteiger partial charge in [-0.15, -0.1) is 21.6 Å². The molecule has 3 aromatic rings. The fourth-order valence-corrected chi connectivity index (χ4v) is 3.26. The van der Waals surface area contributed by atoms with Crippen LogP contribution < -0.4 is 14.4 Å². The molecule has 0 N–H and O–H groups in total. The quantitative estimate of drug-likeness (QED) is 0.428. The van der Waals surface area contributed by atoms with Crippen molar-refractivity contribution in [3.8, 4) is 0 Å². The van der Waals surface area contributed by atoms with Gasteiger partial charge in [-0.25, -0.2) is 9.55 Å². The zero-order chi connectivity index (χ0) is 19.1. The van der Waals surface area contributed by atoms with E-state index in [0.29, 0.717) is 5.13 Å². The van der Waals surface area contributed by atoms with Gasteiger partial charge in [0, 0.05) is 50.0 Å². The lowest BCUT2D eigenvalue weighted by atomic mass is 10.2. The summed E-state index contributed by atoms with van der Waals surface area (Å²) in [6.07, 6.45) is 5.93. The number of benzene rings is 1. The third kappa shape index (κ3) is 5.10. The van der Waals surface area contributed by atoms with Crippen molar-refractivity contribution in [1.29, 1.82) is 0 Å². The molecule has 7 heteroatoms. The smallest absolute Gasteiger partial charge is 0.229 e. The second-order valence-corrected chi connectivity index (χ2v) is 7.15. The zero-order valence-corrected chi connectivity index (χ0v) is 16.8. The van der Waals surface area contributed by atoms with Crippen molar-refractivity contribution in [2.45, 2.75) is 13.5 Å². The molecule has 0 radical (unpaired) electrons. The van der Waals surface area contributed by atoms with E-state index < -0.39 is 0 Å². The number of thiazole rings is 1. The molecule has 27 heavy (non-hydrogen) atoms. The standard InChI is InChI=1S/C20H25N6S/c1-4-26(14-13-25-11-6-5-7-12-25)17-8-9-18(19(16-17)24(2)3)22-23-20-21-10-15-27-20/h5-12,15-16H,4,13-14H2,1-3H3/q+1. The Morgan fingerprint density at radius 2 is 1.93 bits per heavy atom. The van der Waals surface area contributed by atoms with Crippen LogP contribution in [0.25, 0.3) is 0 Å². The Kier molecular flexibility index (Phi) is 6.49. The van der Waals surface area contributed by atoms with Crippen LogP contribution in [0.4, 0.5) is 22.2 Å². The molecule has 0 fully saturated rings. The number of anilines is 2. The van der Waals surface area contributed by atoms with Gasteiger partial charge in [0.25, 0.3) is 0 Å². The van der Waals surface area contributed by atoms with E-state index >= 15 is 0 Å². The fourth-order valence-electron chi connectivity index (χ4n) is 2.80. The monoisotopic (exact) mass is 381 g/mol. The van der Waals surface area contributed by atoms with E-state index in [1.54, 1.807) is 6.20 Å². The van der Waals surface area contributed by atoms with Gasteiger partial charge in [0.1, 0.15) is 5.69 Å². The van der Waals surface area contributed by atoms with Gasteiger partial charge in [0.15, 0.2) is 18.9 Å². The number of aromatic nitrogens is 2. The van der Waals surface area contributed by atoms with Gasteiger partial charge < -0.3 is 9.80 Å². The van der Waals surface area contributed by atoms with Crippen LogP contribution in [0.3, 0.4) is 0 Å². The fraction of sp³-hybridized carbons (Fsp3) is 0.300. The Balaban J connectivity index is 1.79. The van der Waals surface area contributed by atoms with Crippen LogP contribution in [0.15, 0.2) is 70.6 Å². The molecule has 0 amide bonds. The van der Waals surface area contributed by atoms with Crippen molar-refractivity contribution >= 4 is 33.5 Å². The largest absolute Gasteiger partial charge is 0.376 e. The normalized spacial score (nSPS) is 11.1. The molecule has 6 nitrogen and oxygen atoms in total. The second kappa shape index (κ2) is 9.23. The molecular formula is C20H25N6S+. The van der Waals surface area contributed by atoms with E-state index in [2.05, 4.69) is 73.2 Å². The Labute approximate surface area is 164 Å². The molecule has 3 rings (SSSR count). The first-order valence-electron chi connectivity index (χ1n) is 8.99. The summed E-state index contributed by atoms with van der Waals surface area (Å²) in [6.45, 7) is 5.01. The van der Waals surface area contributed by atoms with Gasteiger partial charge in [-0.3, -0.25) is 0 Å². The maximum absolute atomic E-state index is 4.40. The summed E-state index contributed by atoms with van der Waals surface area (Å²) in [5, 5.41) is 11.2. The highest BCUT2D eigenvalue weighted by molar-refractivity contribution is 7.13. The molecule has 2 aromatic heterocycles. The summed E-state index contributed by atoms with van der Waals surface area (Å²) >= 11 is 1.48. The minimum Gasteiger partial charge on any atom is -0.376 e. The third-order valence-electron chi connectivity index (χ3n) is 4.26. The third-order valence-corrected chi connectivity index (χ3v) is 4.91. The van der Waals surface area contributed by atoms with Gasteiger partial charge >= 0.3 is 0 Å². The second-order valence-electron chi connectivity index (χ2n) is 6.28. The molecule has 0 aliphatic heterocycles. The number of nitrogens with zero attached hydrogens (tertiary/aromatic N) is 6. The highest BCUT2D eigenvalue weighted by atomic mass is 32.1. The molecule has 0 saturated carbocycles. The van der Waals surface area contributed by atoms with Crippen molar-refractivity contribution in [3.05, 3.63) is 60.4 Å². The first-order valence-corrected chi connectivity index (χ1v) is 9.87. The van der Waals surface area contributed by atoms with Gasteiger partial charge in [0.05, 0.1) is 12.2 Å². The zero-order valence-electron chi connectivity index (χ0n) is 16.0. The van der Waals surface area contributed by atoms with Crippen LogP contribution in [0.5, 0.6) is 0 Å². The van der Waals surface area contributed by atoms with E-state index in [-0.39, 0.29) is 0 Å². The molecule has 0 spiro atoms. The van der Waals surface area contributed by atoms with E-state index in [1.807, 2.05) is 31.6 Å². The van der Waals surface area contributed by atoms with Crippen LogP contribution in [-0.2, 0) is 6.54 Å². The van der Waals surface area contributed by atoms with Gasteiger partial charge in [0.2, 0.25) is 5.13 Å². The van der Waals surface area contributed by atoms with Crippen molar-refractivity contribution < 1.29 is 4.57 Å². The number of hydrogen-bond acceptors (Lipinski definition) is 6. The topological polar surface area (TPSA) is 48.0 Å². The molecule has 140 valence electrons. The van der Waals surface area contributed by atoms with Gasteiger partial charge in [-0.1, -0.05) is 6.07 Å². The van der Waals surface area contributed by atoms with Crippen LogP contribution in [0.1, 0.15) is 6.92 Å². The summed E-state index contributed by atoms with van der Waals surface area (Å²) in [4.78, 5) is 8.59. The average Bonchev–Trinajstić information content (AvgIpc) is 3.21. The van der Waals surface area contributed by atoms with Crippen molar-refractivity contribution in [2.24, 2.45) is 10.2 Å². The van der Waals surface area contributed by atoms with E-state index in [9.17, 15) is 0 Å². The molecule has 2 heterocycles. The lowest BCUT2D eigenvalue weighted by molar-refractivity contribution is -0.694. The van der Waals surface area contributed by atoms with Crippen molar-refractivity contribution in [2.75, 3.05) is 37.0 Å². The minimum atomic E-state index is 0.666. The van der Waals surface area contributed by atoms with Crippen LogP contribution >= 0.6 is 11.3 Å².